The van der Waals surface area contributed by atoms with Crippen LogP contribution in [0.4, 0.5) is 4.39 Å². The van der Waals surface area contributed by atoms with Gasteiger partial charge in [0.15, 0.2) is 0 Å². The predicted octanol–water partition coefficient (Wildman–Crippen LogP) is 0.882. The normalized spacial score (nSPS) is 10.9. The fraction of sp³-hybridized carbons (Fsp3) is 0.273. The molecule has 0 aliphatic heterocycles. The Hall–Kier alpha value is -3.79. The van der Waals surface area contributed by atoms with Crippen LogP contribution >= 0.6 is 0 Å². The lowest BCUT2D eigenvalue weighted by Crippen LogP contribution is -2.46. The number of halogens is 1. The number of aromatic nitrogens is 3. The Bertz CT molecular complexity index is 1200. The highest BCUT2D eigenvalue weighted by Gasteiger charge is 2.20. The molecule has 0 spiro atoms. The van der Waals surface area contributed by atoms with Crippen LogP contribution in [0.2, 0.25) is 0 Å². The second kappa shape index (κ2) is 10.0. The van der Waals surface area contributed by atoms with Gasteiger partial charge < -0.3 is 15.0 Å². The van der Waals surface area contributed by atoms with Gasteiger partial charge in [-0.1, -0.05) is 12.1 Å². The first-order valence-corrected chi connectivity index (χ1v) is 9.86. The maximum atomic E-state index is 13.3. The number of nitrogens with zero attached hydrogens (tertiary/aromatic N) is 4. The van der Waals surface area contributed by atoms with Gasteiger partial charge in [0, 0.05) is 13.1 Å². The molecule has 0 aliphatic rings. The number of carbonyl (C=O) groups excluding carboxylic acids is 1. The molecule has 0 unspecified atom stereocenters. The lowest BCUT2D eigenvalue weighted by Gasteiger charge is -2.13. The number of likely N-dealkylation sites (N-methyl/N-ethyl adjacent to an activating group) is 1. The Morgan fingerprint density at radius 3 is 2.34 bits per heavy atom. The van der Waals surface area contributed by atoms with Crippen molar-refractivity contribution in [3.05, 3.63) is 86.4 Å². The molecule has 3 aromatic rings. The average Bonchev–Trinajstić information content (AvgIpc) is 2.78. The van der Waals surface area contributed by atoms with Crippen LogP contribution in [-0.2, 0) is 6.54 Å². The molecule has 0 saturated carbocycles. The number of ether oxygens (including phenoxy) is 1. The van der Waals surface area contributed by atoms with Gasteiger partial charge in [-0.25, -0.2) is 9.18 Å². The maximum absolute atomic E-state index is 13.3. The first-order valence-electron chi connectivity index (χ1n) is 9.86. The molecule has 1 N–H and O–H groups in total. The van der Waals surface area contributed by atoms with Crippen LogP contribution in [0.1, 0.15) is 16.1 Å². The summed E-state index contributed by atoms with van der Waals surface area (Å²) >= 11 is 0. The molecule has 0 fully saturated rings. The van der Waals surface area contributed by atoms with E-state index in [2.05, 4.69) is 10.4 Å². The van der Waals surface area contributed by atoms with Crippen molar-refractivity contribution in [2.24, 2.45) is 0 Å². The molecule has 168 valence electrons. The topological polar surface area (TPSA) is 98.5 Å². The van der Waals surface area contributed by atoms with Crippen molar-refractivity contribution < 1.29 is 13.9 Å². The first kappa shape index (κ1) is 22.9. The molecule has 0 bridgehead atoms. The summed E-state index contributed by atoms with van der Waals surface area (Å²) in [4.78, 5) is 40.7. The molecule has 1 heterocycles. The van der Waals surface area contributed by atoms with E-state index >= 15 is 0 Å². The minimum atomic E-state index is -0.827. The van der Waals surface area contributed by atoms with Gasteiger partial charge in [-0.2, -0.15) is 9.78 Å². The Morgan fingerprint density at radius 1 is 1.09 bits per heavy atom. The fourth-order valence-corrected chi connectivity index (χ4v) is 2.94. The summed E-state index contributed by atoms with van der Waals surface area (Å²) in [6.45, 7) is 0.717. The number of rotatable bonds is 8. The molecule has 0 aliphatic carbocycles. The maximum Gasteiger partial charge on any atom is 0.352 e. The lowest BCUT2D eigenvalue weighted by molar-refractivity contribution is 0.0941. The van der Waals surface area contributed by atoms with Gasteiger partial charge in [-0.05, 0) is 56.1 Å². The largest absolute Gasteiger partial charge is 0.497 e. The number of hydrogen-bond acceptors (Lipinski definition) is 6. The van der Waals surface area contributed by atoms with E-state index < -0.39 is 28.7 Å². The van der Waals surface area contributed by atoms with Gasteiger partial charge >= 0.3 is 5.69 Å². The van der Waals surface area contributed by atoms with Gasteiger partial charge in [0.2, 0.25) is 5.69 Å². The quantitative estimate of drug-likeness (QED) is 0.557. The number of amides is 1. The van der Waals surface area contributed by atoms with E-state index in [0.29, 0.717) is 30.1 Å². The Balaban J connectivity index is 2.09. The van der Waals surface area contributed by atoms with Gasteiger partial charge in [0.05, 0.1) is 19.3 Å². The molecule has 10 heteroatoms. The summed E-state index contributed by atoms with van der Waals surface area (Å²) in [6, 6.07) is 11.9. The van der Waals surface area contributed by atoms with Crippen LogP contribution in [0.3, 0.4) is 0 Å². The highest BCUT2D eigenvalue weighted by atomic mass is 19.1. The minimum Gasteiger partial charge on any atom is -0.497 e. The van der Waals surface area contributed by atoms with Gasteiger partial charge in [0.1, 0.15) is 11.6 Å². The summed E-state index contributed by atoms with van der Waals surface area (Å²) < 4.78 is 20.3. The molecule has 1 amide bonds. The zero-order chi connectivity index (χ0) is 23.3. The van der Waals surface area contributed by atoms with Crippen LogP contribution < -0.4 is 21.3 Å². The smallest absolute Gasteiger partial charge is 0.352 e. The monoisotopic (exact) mass is 441 g/mol. The van der Waals surface area contributed by atoms with Crippen LogP contribution in [-0.4, -0.2) is 59.4 Å². The summed E-state index contributed by atoms with van der Waals surface area (Å²) in [7, 11) is 5.21. The van der Waals surface area contributed by atoms with Crippen molar-refractivity contribution in [1.82, 2.24) is 24.6 Å². The van der Waals surface area contributed by atoms with Crippen LogP contribution in [0.25, 0.3) is 5.69 Å². The van der Waals surface area contributed by atoms with Crippen molar-refractivity contribution >= 4 is 5.91 Å². The van der Waals surface area contributed by atoms with Crippen LogP contribution in [0, 0.1) is 5.82 Å². The Labute approximate surface area is 183 Å². The van der Waals surface area contributed by atoms with E-state index in [1.165, 1.54) is 31.4 Å². The summed E-state index contributed by atoms with van der Waals surface area (Å²) in [5, 5.41) is 6.70. The van der Waals surface area contributed by atoms with Gasteiger partial charge in [-0.15, -0.1) is 0 Å². The number of methoxy groups -OCH3 is 1. The van der Waals surface area contributed by atoms with Crippen molar-refractivity contribution in [1.29, 1.82) is 0 Å². The zero-order valence-corrected chi connectivity index (χ0v) is 18.0. The SMILES string of the molecule is COc1ccc(-n2nc(C(=O)NCCN(C)C)c(=O)n(Cc3ccc(F)cc3)c2=O)cc1. The third-order valence-corrected chi connectivity index (χ3v) is 4.69. The summed E-state index contributed by atoms with van der Waals surface area (Å²) in [5.74, 6) is -0.553. The predicted molar refractivity (Wildman–Crippen MR) is 117 cm³/mol. The van der Waals surface area contributed by atoms with Crippen molar-refractivity contribution in [2.45, 2.75) is 6.54 Å². The number of benzene rings is 2. The van der Waals surface area contributed by atoms with Crippen LogP contribution in [0.15, 0.2) is 58.1 Å². The molecule has 0 atom stereocenters. The van der Waals surface area contributed by atoms with E-state index in [1.54, 1.807) is 24.3 Å². The second-order valence-electron chi connectivity index (χ2n) is 7.32. The van der Waals surface area contributed by atoms with E-state index in [9.17, 15) is 18.8 Å². The van der Waals surface area contributed by atoms with E-state index in [1.807, 2.05) is 19.0 Å². The number of carbonyl (C=O) groups is 1. The number of nitrogens with one attached hydrogen (secondary N) is 1. The minimum absolute atomic E-state index is 0.144. The lowest BCUT2D eigenvalue weighted by atomic mass is 10.2. The first-order chi connectivity index (χ1) is 15.3. The Kier molecular flexibility index (Phi) is 7.16. The highest BCUT2D eigenvalue weighted by molar-refractivity contribution is 5.91. The molecule has 0 saturated heterocycles. The van der Waals surface area contributed by atoms with Crippen molar-refractivity contribution in [3.63, 3.8) is 0 Å². The number of hydrogen-bond donors (Lipinski definition) is 1. The fourth-order valence-electron chi connectivity index (χ4n) is 2.94. The standard InChI is InChI=1S/C22H24FN5O4/c1-26(2)13-12-24-20(29)19-21(30)27(14-15-4-6-16(23)7-5-15)22(31)28(25-19)17-8-10-18(32-3)11-9-17/h4-11H,12-14H2,1-3H3,(H,24,29). The molecule has 32 heavy (non-hydrogen) atoms. The summed E-state index contributed by atoms with van der Waals surface area (Å²) in [6.07, 6.45) is 0. The van der Waals surface area contributed by atoms with Crippen molar-refractivity contribution in [3.8, 4) is 11.4 Å². The third-order valence-electron chi connectivity index (χ3n) is 4.69. The third kappa shape index (κ3) is 5.27. The van der Waals surface area contributed by atoms with Gasteiger partial charge in [0.25, 0.3) is 11.5 Å². The summed E-state index contributed by atoms with van der Waals surface area (Å²) in [5.41, 5.74) is -1.09. The average molecular weight is 441 g/mol. The van der Waals surface area contributed by atoms with E-state index in [4.69, 9.17) is 4.74 Å². The molecule has 2 aromatic carbocycles. The molecule has 9 nitrogen and oxygen atoms in total. The molecule has 0 radical (unpaired) electrons. The molecule has 1 aromatic heterocycles. The highest BCUT2D eigenvalue weighted by Crippen LogP contribution is 2.13. The molecule has 3 rings (SSSR count). The zero-order valence-electron chi connectivity index (χ0n) is 18.0. The Morgan fingerprint density at radius 2 is 1.75 bits per heavy atom. The van der Waals surface area contributed by atoms with E-state index in [-0.39, 0.29) is 6.54 Å². The molecular formula is C22H24FN5O4. The van der Waals surface area contributed by atoms with Gasteiger partial charge in [-0.3, -0.25) is 14.2 Å². The molecular weight excluding hydrogens is 417 g/mol. The second-order valence-corrected chi connectivity index (χ2v) is 7.32. The van der Waals surface area contributed by atoms with Crippen molar-refractivity contribution in [2.75, 3.05) is 34.3 Å². The van der Waals surface area contributed by atoms with E-state index in [0.717, 1.165) is 9.25 Å². The van der Waals surface area contributed by atoms with Crippen LogP contribution in [0.5, 0.6) is 5.75 Å².